The van der Waals surface area contributed by atoms with E-state index in [0.29, 0.717) is 0 Å². The van der Waals surface area contributed by atoms with Gasteiger partial charge in [0.05, 0.1) is 0 Å². The van der Waals surface area contributed by atoms with Crippen LogP contribution >= 0.6 is 0 Å². The number of anilines is 2. The average Bonchev–Trinajstić information content (AvgIpc) is 3.09. The zero-order valence-corrected chi connectivity index (χ0v) is 24.0. The van der Waals surface area contributed by atoms with Crippen LogP contribution in [0, 0.1) is 0 Å². The van der Waals surface area contributed by atoms with Crippen LogP contribution in [-0.2, 0) is 0 Å². The first-order valence-corrected chi connectivity index (χ1v) is 15.4. The van der Waals surface area contributed by atoms with Gasteiger partial charge in [-0.2, -0.15) is 0 Å². The van der Waals surface area contributed by atoms with Gasteiger partial charge in [-0.05, 0) is 95.8 Å². The lowest BCUT2D eigenvalue weighted by Crippen LogP contribution is -2.59. The highest BCUT2D eigenvalue weighted by molar-refractivity contribution is 6.93. The fraction of sp³-hybridized carbons (Fsp3) is 0. The van der Waals surface area contributed by atoms with Crippen molar-refractivity contribution in [3.05, 3.63) is 158 Å². The lowest BCUT2D eigenvalue weighted by atomic mass is 9.42. The Balaban J connectivity index is 1.35. The zero-order valence-electron chi connectivity index (χ0n) is 24.0. The summed E-state index contributed by atoms with van der Waals surface area (Å²) in [6.45, 7) is 0.0537. The maximum Gasteiger partial charge on any atom is 0.329 e. The van der Waals surface area contributed by atoms with E-state index in [1.54, 1.807) is 0 Å². The molecule has 44 heavy (non-hydrogen) atoms. The molecule has 2 heterocycles. The van der Waals surface area contributed by atoms with E-state index in [1.165, 1.54) is 88.0 Å². The summed E-state index contributed by atoms with van der Waals surface area (Å²) >= 11 is 0. The zero-order chi connectivity index (χ0) is 28.8. The Morgan fingerprint density at radius 2 is 1.00 bits per heavy atom. The molecular weight excluding hydrogens is 529 g/mol. The van der Waals surface area contributed by atoms with Gasteiger partial charge < -0.3 is 4.81 Å². The molecule has 202 valence electrons. The molecule has 0 aliphatic carbocycles. The predicted molar refractivity (Wildman–Crippen MR) is 189 cm³/mol. The van der Waals surface area contributed by atoms with Gasteiger partial charge in [0.2, 0.25) is 0 Å². The molecule has 0 unspecified atom stereocenters. The summed E-state index contributed by atoms with van der Waals surface area (Å²) in [7, 11) is 0. The Kier molecular flexibility index (Phi) is 4.87. The molecule has 0 radical (unpaired) electrons. The monoisotopic (exact) mass is 555 g/mol. The van der Waals surface area contributed by atoms with Gasteiger partial charge in [-0.15, -0.1) is 0 Å². The molecule has 0 N–H and O–H groups in total. The minimum Gasteiger partial charge on any atom is -0.376 e. The van der Waals surface area contributed by atoms with Gasteiger partial charge in [-0.3, -0.25) is 0 Å². The molecule has 0 saturated heterocycles. The minimum atomic E-state index is 0.0537. The Hall–Kier alpha value is -5.60. The summed E-state index contributed by atoms with van der Waals surface area (Å²) < 4.78 is 0. The largest absolute Gasteiger partial charge is 0.376 e. The summed E-state index contributed by atoms with van der Waals surface area (Å²) in [5, 5.41) is 7.68. The van der Waals surface area contributed by atoms with Gasteiger partial charge >= 0.3 is 6.85 Å². The quantitative estimate of drug-likeness (QED) is 0.182. The van der Waals surface area contributed by atoms with Crippen molar-refractivity contribution < 1.29 is 0 Å². The Bertz CT molecular complexity index is 2460. The second-order valence-electron chi connectivity index (χ2n) is 12.1. The second-order valence-corrected chi connectivity index (χ2v) is 12.1. The molecule has 2 aliphatic heterocycles. The van der Waals surface area contributed by atoms with Gasteiger partial charge in [-0.1, -0.05) is 127 Å². The smallest absolute Gasteiger partial charge is 0.329 e. The number of fused-ring (bicyclic) bond motifs is 15. The molecule has 0 bridgehead atoms. The van der Waals surface area contributed by atoms with Gasteiger partial charge in [0.15, 0.2) is 0 Å². The van der Waals surface area contributed by atoms with Crippen LogP contribution < -0.4 is 15.7 Å². The fourth-order valence-corrected chi connectivity index (χ4v) is 7.79. The normalized spacial score (nSPS) is 12.9. The van der Waals surface area contributed by atoms with Crippen LogP contribution in [-0.4, -0.2) is 6.85 Å². The first kappa shape index (κ1) is 23.9. The molecule has 0 amide bonds. The van der Waals surface area contributed by atoms with Crippen molar-refractivity contribution in [2.75, 3.05) is 4.81 Å². The lowest BCUT2D eigenvalue weighted by molar-refractivity contribution is 1.36. The Morgan fingerprint density at radius 1 is 0.364 bits per heavy atom. The first-order chi connectivity index (χ1) is 21.8. The van der Waals surface area contributed by atoms with Crippen molar-refractivity contribution >= 4 is 61.5 Å². The Labute approximate surface area is 256 Å². The van der Waals surface area contributed by atoms with E-state index in [9.17, 15) is 0 Å². The van der Waals surface area contributed by atoms with E-state index in [2.05, 4.69) is 163 Å². The van der Waals surface area contributed by atoms with Crippen molar-refractivity contribution in [1.29, 1.82) is 0 Å². The highest BCUT2D eigenvalue weighted by Gasteiger charge is 2.43. The van der Waals surface area contributed by atoms with Crippen LogP contribution in [0.25, 0.3) is 65.7 Å². The van der Waals surface area contributed by atoms with Crippen molar-refractivity contribution in [2.24, 2.45) is 0 Å². The molecule has 0 aromatic heterocycles. The van der Waals surface area contributed by atoms with Crippen molar-refractivity contribution in [1.82, 2.24) is 0 Å². The molecule has 1 nitrogen and oxygen atoms in total. The van der Waals surface area contributed by atoms with Crippen LogP contribution in [0.1, 0.15) is 0 Å². The molecule has 0 saturated carbocycles. The third-order valence-electron chi connectivity index (χ3n) is 9.77. The van der Waals surface area contributed by atoms with Crippen LogP contribution in [0.4, 0.5) is 11.4 Å². The molecule has 8 aromatic carbocycles. The van der Waals surface area contributed by atoms with Crippen LogP contribution in [0.15, 0.2) is 158 Å². The van der Waals surface area contributed by atoms with Gasteiger partial charge in [0, 0.05) is 22.5 Å². The SMILES string of the molecule is c1ccc(-c2ccc3c(c2)-c2cc4ccccc4cc2B2c4ccc5ccccc5c4-c4cc5ccccc5cc4N23)cc1. The van der Waals surface area contributed by atoms with Crippen LogP contribution in [0.2, 0.25) is 0 Å². The summed E-state index contributed by atoms with van der Waals surface area (Å²) in [6.07, 6.45) is 0. The van der Waals surface area contributed by atoms with Crippen molar-refractivity contribution in [3.8, 4) is 33.4 Å². The number of hydrogen-bond donors (Lipinski definition) is 0. The van der Waals surface area contributed by atoms with Crippen molar-refractivity contribution in [2.45, 2.75) is 0 Å². The molecule has 2 aliphatic rings. The van der Waals surface area contributed by atoms with Crippen LogP contribution in [0.5, 0.6) is 0 Å². The van der Waals surface area contributed by atoms with E-state index in [0.717, 1.165) is 0 Å². The summed E-state index contributed by atoms with van der Waals surface area (Å²) in [6, 6.07) is 58.7. The maximum absolute atomic E-state index is 2.63. The molecule has 10 rings (SSSR count). The fourth-order valence-electron chi connectivity index (χ4n) is 7.79. The molecule has 0 fully saturated rings. The van der Waals surface area contributed by atoms with E-state index >= 15 is 0 Å². The highest BCUT2D eigenvalue weighted by atomic mass is 15.1. The second kappa shape index (κ2) is 8.95. The van der Waals surface area contributed by atoms with Crippen LogP contribution in [0.3, 0.4) is 0 Å². The maximum atomic E-state index is 2.63. The number of hydrogen-bond acceptors (Lipinski definition) is 1. The first-order valence-electron chi connectivity index (χ1n) is 15.4. The van der Waals surface area contributed by atoms with E-state index in [-0.39, 0.29) is 6.85 Å². The van der Waals surface area contributed by atoms with Gasteiger partial charge in [0.25, 0.3) is 0 Å². The molecule has 0 spiro atoms. The summed E-state index contributed by atoms with van der Waals surface area (Å²) in [5.41, 5.74) is 13.0. The highest BCUT2D eigenvalue weighted by Crippen LogP contribution is 2.49. The molecule has 8 aromatic rings. The van der Waals surface area contributed by atoms with Gasteiger partial charge in [0.1, 0.15) is 0 Å². The van der Waals surface area contributed by atoms with E-state index in [4.69, 9.17) is 0 Å². The minimum absolute atomic E-state index is 0.0537. The average molecular weight is 555 g/mol. The van der Waals surface area contributed by atoms with E-state index < -0.39 is 0 Å². The van der Waals surface area contributed by atoms with Gasteiger partial charge in [-0.25, -0.2) is 0 Å². The predicted octanol–water partition coefficient (Wildman–Crippen LogP) is 9.72. The lowest BCUT2D eigenvalue weighted by Gasteiger charge is -2.44. The topological polar surface area (TPSA) is 3.24 Å². The Morgan fingerprint density at radius 3 is 1.77 bits per heavy atom. The molecule has 2 heteroatoms. The third kappa shape index (κ3) is 3.31. The number of rotatable bonds is 1. The third-order valence-corrected chi connectivity index (χ3v) is 9.77. The van der Waals surface area contributed by atoms with Crippen molar-refractivity contribution in [3.63, 3.8) is 0 Å². The summed E-state index contributed by atoms with van der Waals surface area (Å²) in [4.78, 5) is 2.63. The number of nitrogens with zero attached hydrogens (tertiary/aromatic N) is 1. The molecule has 0 atom stereocenters. The summed E-state index contributed by atoms with van der Waals surface area (Å²) in [5.74, 6) is 0. The number of benzene rings is 8. The van der Waals surface area contributed by atoms with E-state index in [1.807, 2.05) is 0 Å². The standard InChI is InChI=1S/C42H26BN/c1-2-10-27(11-3-1)33-19-21-40-36(23-33)35-22-29-13-4-6-15-31(29)25-39(35)43-38-20-18-28-12-8-9-17-34(28)42(38)37-24-30-14-5-7-16-32(30)26-41(37)44(40)43/h1-26H. The molecular formula is C42H26BN.